The maximum atomic E-state index is 9.60. The summed E-state index contributed by atoms with van der Waals surface area (Å²) < 4.78 is 0. The van der Waals surface area contributed by atoms with Crippen LogP contribution in [0.3, 0.4) is 0 Å². The van der Waals surface area contributed by atoms with Crippen LogP contribution in [0.1, 0.15) is 6.42 Å². The van der Waals surface area contributed by atoms with E-state index in [9.17, 15) is 10.2 Å². The van der Waals surface area contributed by atoms with E-state index in [2.05, 4.69) is 0 Å². The van der Waals surface area contributed by atoms with Gasteiger partial charge in [-0.2, -0.15) is 0 Å². The van der Waals surface area contributed by atoms with E-state index >= 15 is 0 Å². The topological polar surface area (TPSA) is 104 Å². The molecule has 1 rings (SSSR count). The molecule has 1 heterocycles. The minimum absolute atomic E-state index is 0.00100. The third kappa shape index (κ3) is 2.47. The molecule has 90 valence electrons. The zero-order valence-corrected chi connectivity index (χ0v) is 8.53. The first-order valence-electron chi connectivity index (χ1n) is 5.11. The van der Waals surface area contributed by atoms with Crippen molar-refractivity contribution in [3.05, 3.63) is 0 Å². The van der Waals surface area contributed by atoms with Crippen LogP contribution in [-0.4, -0.2) is 81.1 Å². The first-order chi connectivity index (χ1) is 7.17. The molecule has 15 heavy (non-hydrogen) atoms. The van der Waals surface area contributed by atoms with Crippen LogP contribution in [0.5, 0.6) is 0 Å². The quantitative estimate of drug-likeness (QED) is 0.342. The van der Waals surface area contributed by atoms with Gasteiger partial charge in [0.2, 0.25) is 0 Å². The zero-order valence-electron chi connectivity index (χ0n) is 8.53. The van der Waals surface area contributed by atoms with Crippen molar-refractivity contribution in [2.45, 2.75) is 30.7 Å². The van der Waals surface area contributed by atoms with Crippen LogP contribution in [0.2, 0.25) is 0 Å². The second-order valence-corrected chi connectivity index (χ2v) is 3.80. The molecular formula is C9H19NO5. The van der Waals surface area contributed by atoms with Crippen molar-refractivity contribution in [3.63, 3.8) is 0 Å². The van der Waals surface area contributed by atoms with Crippen LogP contribution in [0.15, 0.2) is 0 Å². The van der Waals surface area contributed by atoms with E-state index < -0.39 is 24.3 Å². The van der Waals surface area contributed by atoms with Crippen LogP contribution in [0.25, 0.3) is 0 Å². The third-order valence-corrected chi connectivity index (χ3v) is 2.94. The molecule has 0 aromatic rings. The van der Waals surface area contributed by atoms with E-state index in [1.54, 1.807) is 4.90 Å². The highest BCUT2D eigenvalue weighted by Gasteiger charge is 2.46. The Morgan fingerprint density at radius 1 is 0.867 bits per heavy atom. The molecule has 0 aromatic heterocycles. The molecule has 5 N–H and O–H groups in total. The van der Waals surface area contributed by atoms with Gasteiger partial charge in [-0.05, 0) is 6.42 Å². The van der Waals surface area contributed by atoms with Crippen molar-refractivity contribution in [3.8, 4) is 0 Å². The molecule has 0 bridgehead atoms. The molecule has 1 saturated heterocycles. The summed E-state index contributed by atoms with van der Waals surface area (Å²) in [6.07, 6.45) is -1.62. The Hall–Kier alpha value is -0.240. The molecule has 0 aromatic carbocycles. The highest BCUT2D eigenvalue weighted by atomic mass is 16.3. The summed E-state index contributed by atoms with van der Waals surface area (Å²) in [6, 6.07) is -1.13. The number of aliphatic hydroxyl groups excluding tert-OH is 5. The summed E-state index contributed by atoms with van der Waals surface area (Å²) in [7, 11) is 0. The smallest absolute Gasteiger partial charge is 0.0992 e. The van der Waals surface area contributed by atoms with Gasteiger partial charge in [-0.15, -0.1) is 0 Å². The van der Waals surface area contributed by atoms with Crippen LogP contribution in [-0.2, 0) is 0 Å². The molecule has 0 saturated carbocycles. The van der Waals surface area contributed by atoms with Gasteiger partial charge in [-0.1, -0.05) is 0 Å². The summed E-state index contributed by atoms with van der Waals surface area (Å²) >= 11 is 0. The molecule has 0 amide bonds. The molecular weight excluding hydrogens is 202 g/mol. The van der Waals surface area contributed by atoms with Crippen molar-refractivity contribution in [1.82, 2.24) is 4.90 Å². The minimum atomic E-state index is -1.05. The van der Waals surface area contributed by atoms with Gasteiger partial charge < -0.3 is 25.5 Å². The van der Waals surface area contributed by atoms with Crippen molar-refractivity contribution >= 4 is 0 Å². The number of aliphatic hydroxyl groups is 5. The summed E-state index contributed by atoms with van der Waals surface area (Å²) in [5, 5.41) is 46.1. The summed E-state index contributed by atoms with van der Waals surface area (Å²) in [6.45, 7) is -0.125. The lowest BCUT2D eigenvalue weighted by Gasteiger charge is -2.27. The maximum Gasteiger partial charge on any atom is 0.0992 e. The lowest BCUT2D eigenvalue weighted by Crippen LogP contribution is -2.43. The normalized spacial score (nSPS) is 37.4. The van der Waals surface area contributed by atoms with Crippen molar-refractivity contribution < 1.29 is 25.5 Å². The number of nitrogens with zero attached hydrogens (tertiary/aromatic N) is 1. The second kappa shape index (κ2) is 5.74. The van der Waals surface area contributed by atoms with E-state index in [0.29, 0.717) is 13.0 Å². The van der Waals surface area contributed by atoms with Gasteiger partial charge >= 0.3 is 0 Å². The minimum Gasteiger partial charge on any atom is -0.396 e. The molecule has 0 spiro atoms. The lowest BCUT2D eigenvalue weighted by atomic mass is 10.1. The fourth-order valence-electron chi connectivity index (χ4n) is 2.10. The number of hydrogen-bond donors (Lipinski definition) is 5. The van der Waals surface area contributed by atoms with Gasteiger partial charge in [0, 0.05) is 13.2 Å². The number of rotatable bonds is 5. The molecule has 0 radical (unpaired) electrons. The van der Waals surface area contributed by atoms with Crippen molar-refractivity contribution in [1.29, 1.82) is 0 Å². The number of likely N-dealkylation sites (tertiary alicyclic amines) is 1. The first-order valence-corrected chi connectivity index (χ1v) is 5.11. The van der Waals surface area contributed by atoms with E-state index in [-0.39, 0.29) is 19.8 Å². The van der Waals surface area contributed by atoms with E-state index in [1.807, 2.05) is 0 Å². The van der Waals surface area contributed by atoms with Gasteiger partial charge in [0.05, 0.1) is 37.5 Å². The average Bonchev–Trinajstić information content (AvgIpc) is 2.48. The fourth-order valence-corrected chi connectivity index (χ4v) is 2.10. The van der Waals surface area contributed by atoms with Gasteiger partial charge in [-0.25, -0.2) is 0 Å². The molecule has 6 nitrogen and oxygen atoms in total. The highest BCUT2D eigenvalue weighted by molar-refractivity contribution is 5.00. The Morgan fingerprint density at radius 3 is 1.67 bits per heavy atom. The maximum absolute atomic E-state index is 9.60. The summed E-state index contributed by atoms with van der Waals surface area (Å²) in [5.74, 6) is 0. The number of hydrogen-bond acceptors (Lipinski definition) is 6. The SMILES string of the molecule is OCCCN1[C@H](CO)[C@@H](O)[C@H](O)[C@@H]1CO. The third-order valence-electron chi connectivity index (χ3n) is 2.94. The van der Waals surface area contributed by atoms with E-state index in [4.69, 9.17) is 15.3 Å². The largest absolute Gasteiger partial charge is 0.396 e. The molecule has 4 atom stereocenters. The predicted molar refractivity (Wildman–Crippen MR) is 52.2 cm³/mol. The molecule has 1 aliphatic heterocycles. The highest BCUT2D eigenvalue weighted by Crippen LogP contribution is 2.24. The van der Waals surface area contributed by atoms with Gasteiger partial charge in [0.1, 0.15) is 0 Å². The zero-order chi connectivity index (χ0) is 11.4. The van der Waals surface area contributed by atoms with E-state index in [1.165, 1.54) is 0 Å². The van der Waals surface area contributed by atoms with Crippen LogP contribution in [0, 0.1) is 0 Å². The molecule has 6 heteroatoms. The molecule has 0 unspecified atom stereocenters. The van der Waals surface area contributed by atoms with Crippen molar-refractivity contribution in [2.24, 2.45) is 0 Å². The van der Waals surface area contributed by atoms with Gasteiger partial charge in [0.25, 0.3) is 0 Å². The lowest BCUT2D eigenvalue weighted by molar-refractivity contribution is 0.0130. The van der Waals surface area contributed by atoms with Gasteiger partial charge in [0.15, 0.2) is 0 Å². The Kier molecular flexibility index (Phi) is 4.91. The van der Waals surface area contributed by atoms with Crippen LogP contribution < -0.4 is 0 Å². The summed E-state index contributed by atoms with van der Waals surface area (Å²) in [5.41, 5.74) is 0. The van der Waals surface area contributed by atoms with Gasteiger partial charge in [-0.3, -0.25) is 4.90 Å². The summed E-state index contributed by atoms with van der Waals surface area (Å²) in [4.78, 5) is 1.64. The van der Waals surface area contributed by atoms with Crippen LogP contribution in [0.4, 0.5) is 0 Å². The Bertz CT molecular complexity index is 175. The van der Waals surface area contributed by atoms with Crippen LogP contribution >= 0.6 is 0 Å². The monoisotopic (exact) mass is 221 g/mol. The average molecular weight is 221 g/mol. The Labute approximate surface area is 88.4 Å². The molecule has 0 aliphatic carbocycles. The molecule has 1 fully saturated rings. The standard InChI is InChI=1S/C9H19NO5/c11-3-1-2-10-6(4-12)8(14)9(15)7(10)5-13/h6-9,11-15H,1-5H2/t6-,7+,8-,9-/m1/s1. The van der Waals surface area contributed by atoms with E-state index in [0.717, 1.165) is 0 Å². The predicted octanol–water partition coefficient (Wildman–Crippen LogP) is -2.87. The Balaban J connectivity index is 2.68. The first kappa shape index (κ1) is 12.8. The van der Waals surface area contributed by atoms with Crippen molar-refractivity contribution in [2.75, 3.05) is 26.4 Å². The fraction of sp³-hybridized carbons (Fsp3) is 1.00. The second-order valence-electron chi connectivity index (χ2n) is 3.80. The molecule has 1 aliphatic rings. The Morgan fingerprint density at radius 2 is 1.33 bits per heavy atom.